The Morgan fingerprint density at radius 2 is 1.96 bits per heavy atom. The van der Waals surface area contributed by atoms with Gasteiger partial charge in [-0.15, -0.1) is 0 Å². The summed E-state index contributed by atoms with van der Waals surface area (Å²) in [7, 11) is 0.405. The minimum absolute atomic E-state index is 0.164. The van der Waals surface area contributed by atoms with E-state index in [9.17, 15) is 8.42 Å². The van der Waals surface area contributed by atoms with Crippen LogP contribution in [0.5, 0.6) is 0 Å². The fourth-order valence-corrected chi connectivity index (χ4v) is 4.42. The van der Waals surface area contributed by atoms with Gasteiger partial charge in [0.05, 0.1) is 11.4 Å². The van der Waals surface area contributed by atoms with Gasteiger partial charge in [0.2, 0.25) is 10.0 Å². The molecule has 8 nitrogen and oxygen atoms in total. The van der Waals surface area contributed by atoms with Crippen molar-refractivity contribution < 1.29 is 17.9 Å². The van der Waals surface area contributed by atoms with E-state index in [1.807, 2.05) is 0 Å². The summed E-state index contributed by atoms with van der Waals surface area (Å²) in [5.41, 5.74) is -0.214. The number of hydrogen-bond donors (Lipinski definition) is 2. The highest BCUT2D eigenvalue weighted by atomic mass is 32.2. The fraction of sp³-hybridized carbons (Fsp3) is 0.938. The van der Waals surface area contributed by atoms with Crippen LogP contribution in [0.4, 0.5) is 0 Å². The van der Waals surface area contributed by atoms with E-state index in [-0.39, 0.29) is 17.4 Å². The molecule has 2 aliphatic rings. The summed E-state index contributed by atoms with van der Waals surface area (Å²) in [5, 5.41) is 6.76. The SMILES string of the molecule is CCS(=O)(=O)N1CCC(NC(=NC)NCC2(OC)CCOCC2)CC1. The zero-order chi connectivity index (χ0) is 18.3. The van der Waals surface area contributed by atoms with Gasteiger partial charge in [0.15, 0.2) is 5.96 Å². The van der Waals surface area contributed by atoms with Crippen LogP contribution < -0.4 is 10.6 Å². The summed E-state index contributed by atoms with van der Waals surface area (Å²) in [5.74, 6) is 0.900. The molecule has 2 fully saturated rings. The van der Waals surface area contributed by atoms with Crippen molar-refractivity contribution in [3.63, 3.8) is 0 Å². The summed E-state index contributed by atoms with van der Waals surface area (Å²) in [6, 6.07) is 0.225. The second-order valence-electron chi connectivity index (χ2n) is 6.64. The van der Waals surface area contributed by atoms with Crippen LogP contribution in [0.25, 0.3) is 0 Å². The molecule has 0 bridgehead atoms. The molecular formula is C16H32N4O4S. The van der Waals surface area contributed by atoms with Gasteiger partial charge in [0.1, 0.15) is 0 Å². The summed E-state index contributed by atoms with van der Waals surface area (Å²) in [6.07, 6.45) is 3.29. The van der Waals surface area contributed by atoms with E-state index in [1.54, 1.807) is 25.4 Å². The molecule has 2 saturated heterocycles. The number of aliphatic imine (C=N–C) groups is 1. The minimum Gasteiger partial charge on any atom is -0.381 e. The third-order valence-corrected chi connectivity index (χ3v) is 7.07. The molecule has 0 aromatic heterocycles. The standard InChI is InChI=1S/C16H32N4O4S/c1-4-25(21,22)20-9-5-14(6-10-20)19-15(17-2)18-13-16(23-3)7-11-24-12-8-16/h14H,4-13H2,1-3H3,(H2,17,18,19). The average molecular weight is 377 g/mol. The number of hydrogen-bond acceptors (Lipinski definition) is 5. The van der Waals surface area contributed by atoms with Gasteiger partial charge in [-0.25, -0.2) is 12.7 Å². The summed E-state index contributed by atoms with van der Waals surface area (Å²) >= 11 is 0. The predicted molar refractivity (Wildman–Crippen MR) is 98.3 cm³/mol. The van der Waals surface area contributed by atoms with E-state index < -0.39 is 10.0 Å². The Hall–Kier alpha value is -0.900. The second-order valence-corrected chi connectivity index (χ2v) is 8.90. The molecule has 25 heavy (non-hydrogen) atoms. The van der Waals surface area contributed by atoms with E-state index >= 15 is 0 Å². The average Bonchev–Trinajstić information content (AvgIpc) is 2.66. The quantitative estimate of drug-likeness (QED) is 0.507. The van der Waals surface area contributed by atoms with Crippen LogP contribution in [0.2, 0.25) is 0 Å². The normalized spacial score (nSPS) is 23.4. The van der Waals surface area contributed by atoms with Crippen molar-refractivity contribution in [2.24, 2.45) is 4.99 Å². The van der Waals surface area contributed by atoms with Crippen molar-refractivity contribution in [2.75, 3.05) is 52.8 Å². The predicted octanol–water partition coefficient (Wildman–Crippen LogP) is 0.161. The lowest BCUT2D eigenvalue weighted by Crippen LogP contribution is -2.54. The highest BCUT2D eigenvalue weighted by Gasteiger charge is 2.33. The van der Waals surface area contributed by atoms with Crippen LogP contribution >= 0.6 is 0 Å². The number of nitrogens with one attached hydrogen (secondary N) is 2. The number of nitrogens with zero attached hydrogens (tertiary/aromatic N) is 2. The van der Waals surface area contributed by atoms with E-state index in [0.717, 1.165) is 31.6 Å². The van der Waals surface area contributed by atoms with Crippen LogP contribution in [0.15, 0.2) is 4.99 Å². The molecule has 0 saturated carbocycles. The maximum absolute atomic E-state index is 11.9. The van der Waals surface area contributed by atoms with Gasteiger partial charge in [-0.3, -0.25) is 4.99 Å². The monoisotopic (exact) mass is 376 g/mol. The van der Waals surface area contributed by atoms with Crippen molar-refractivity contribution >= 4 is 16.0 Å². The van der Waals surface area contributed by atoms with Crippen molar-refractivity contribution in [1.29, 1.82) is 0 Å². The first kappa shape index (κ1) is 20.4. The Morgan fingerprint density at radius 1 is 1.32 bits per heavy atom. The summed E-state index contributed by atoms with van der Waals surface area (Å²) in [6.45, 7) is 4.91. The van der Waals surface area contributed by atoms with Crippen molar-refractivity contribution in [3.8, 4) is 0 Å². The molecule has 0 spiro atoms. The van der Waals surface area contributed by atoms with Crippen LogP contribution in [-0.4, -0.2) is 83.1 Å². The molecule has 0 aromatic carbocycles. The van der Waals surface area contributed by atoms with E-state index in [0.29, 0.717) is 32.8 Å². The zero-order valence-electron chi connectivity index (χ0n) is 15.6. The van der Waals surface area contributed by atoms with E-state index in [4.69, 9.17) is 9.47 Å². The lowest BCUT2D eigenvalue weighted by Gasteiger charge is -2.37. The molecule has 0 radical (unpaired) electrons. The summed E-state index contributed by atoms with van der Waals surface area (Å²) < 4.78 is 36.6. The Kier molecular flexibility index (Phi) is 7.48. The molecule has 2 heterocycles. The third kappa shape index (κ3) is 5.54. The fourth-order valence-electron chi connectivity index (χ4n) is 3.29. The van der Waals surface area contributed by atoms with Crippen molar-refractivity contribution in [2.45, 2.75) is 44.2 Å². The van der Waals surface area contributed by atoms with Crippen molar-refractivity contribution in [3.05, 3.63) is 0 Å². The topological polar surface area (TPSA) is 92.3 Å². The molecule has 0 unspecified atom stereocenters. The van der Waals surface area contributed by atoms with E-state index in [1.165, 1.54) is 0 Å². The highest BCUT2D eigenvalue weighted by Crippen LogP contribution is 2.23. The molecule has 0 aromatic rings. The Bertz CT molecular complexity index is 538. The lowest BCUT2D eigenvalue weighted by molar-refractivity contribution is -0.0855. The molecule has 2 aliphatic heterocycles. The maximum atomic E-state index is 11.9. The molecule has 146 valence electrons. The molecule has 0 amide bonds. The van der Waals surface area contributed by atoms with E-state index in [2.05, 4.69) is 15.6 Å². The molecule has 0 atom stereocenters. The Morgan fingerprint density at radius 3 is 2.48 bits per heavy atom. The number of ether oxygens (including phenoxy) is 2. The van der Waals surface area contributed by atoms with Crippen LogP contribution in [-0.2, 0) is 19.5 Å². The van der Waals surface area contributed by atoms with Crippen LogP contribution in [0.1, 0.15) is 32.6 Å². The van der Waals surface area contributed by atoms with Gasteiger partial charge in [0, 0.05) is 65.9 Å². The lowest BCUT2D eigenvalue weighted by atomic mass is 9.94. The van der Waals surface area contributed by atoms with Crippen LogP contribution in [0, 0.1) is 0 Å². The second kappa shape index (κ2) is 9.16. The highest BCUT2D eigenvalue weighted by molar-refractivity contribution is 7.89. The zero-order valence-corrected chi connectivity index (χ0v) is 16.4. The molecule has 9 heteroatoms. The number of methoxy groups -OCH3 is 1. The minimum atomic E-state index is -3.08. The van der Waals surface area contributed by atoms with Gasteiger partial charge in [0.25, 0.3) is 0 Å². The van der Waals surface area contributed by atoms with Gasteiger partial charge in [-0.2, -0.15) is 0 Å². The Balaban J connectivity index is 1.81. The third-order valence-electron chi connectivity index (χ3n) is 5.19. The number of rotatable bonds is 6. The maximum Gasteiger partial charge on any atom is 0.213 e. The first-order valence-electron chi connectivity index (χ1n) is 9.02. The molecular weight excluding hydrogens is 344 g/mol. The smallest absolute Gasteiger partial charge is 0.213 e. The first-order valence-corrected chi connectivity index (χ1v) is 10.6. The first-order chi connectivity index (χ1) is 11.9. The Labute approximate surface area is 151 Å². The summed E-state index contributed by atoms with van der Waals surface area (Å²) in [4.78, 5) is 4.29. The van der Waals surface area contributed by atoms with Crippen molar-refractivity contribution in [1.82, 2.24) is 14.9 Å². The largest absolute Gasteiger partial charge is 0.381 e. The van der Waals surface area contributed by atoms with Crippen LogP contribution in [0.3, 0.4) is 0 Å². The number of guanidine groups is 1. The van der Waals surface area contributed by atoms with Gasteiger partial charge < -0.3 is 20.1 Å². The molecule has 2 N–H and O–H groups in total. The number of piperidine rings is 1. The number of sulfonamides is 1. The molecule has 0 aliphatic carbocycles. The van der Waals surface area contributed by atoms with Gasteiger partial charge in [-0.1, -0.05) is 0 Å². The van der Waals surface area contributed by atoms with Gasteiger partial charge in [-0.05, 0) is 19.8 Å². The molecule has 2 rings (SSSR count). The van der Waals surface area contributed by atoms with Gasteiger partial charge >= 0.3 is 0 Å².